The molecular weight excluding hydrogens is 301 g/mol. The fourth-order valence-electron chi connectivity index (χ4n) is 2.79. The largest absolute Gasteiger partial charge is 0.433 e. The Kier molecular flexibility index (Phi) is 2.91. The van der Waals surface area contributed by atoms with Crippen molar-refractivity contribution in [1.82, 2.24) is 9.55 Å². The summed E-state index contributed by atoms with van der Waals surface area (Å²) in [5, 5.41) is 1.66. The first-order valence-electron chi connectivity index (χ1n) is 7.07. The van der Waals surface area contributed by atoms with Crippen LogP contribution < -0.4 is 0 Å². The number of fused-ring (bicyclic) bond motifs is 2. The van der Waals surface area contributed by atoms with E-state index in [4.69, 9.17) is 0 Å². The molecule has 0 bridgehead atoms. The van der Waals surface area contributed by atoms with Crippen molar-refractivity contribution in [3.8, 4) is 5.69 Å². The number of nitrogens with zero attached hydrogens (tertiary/aromatic N) is 2. The Morgan fingerprint density at radius 1 is 0.870 bits per heavy atom. The van der Waals surface area contributed by atoms with Crippen molar-refractivity contribution in [1.29, 1.82) is 0 Å². The second-order valence-electron chi connectivity index (χ2n) is 5.29. The summed E-state index contributed by atoms with van der Waals surface area (Å²) in [6.45, 7) is 0. The standard InChI is InChI=1S/C18H11F3N2/c19-18(20,21)17-11-16(13-6-2-3-7-14(13)22-17)23-10-9-12-5-1-4-8-15(12)23/h1-11H. The molecule has 0 aliphatic rings. The molecule has 5 heteroatoms. The Bertz CT molecular complexity index is 1020. The topological polar surface area (TPSA) is 17.8 Å². The molecule has 4 rings (SSSR count). The van der Waals surface area contributed by atoms with Gasteiger partial charge in [0.05, 0.1) is 16.7 Å². The summed E-state index contributed by atoms with van der Waals surface area (Å²) in [6, 6.07) is 17.4. The molecule has 0 spiro atoms. The first kappa shape index (κ1) is 13.8. The Labute approximate surface area is 129 Å². The SMILES string of the molecule is FC(F)(F)c1cc(-n2ccc3ccccc32)c2ccccc2n1. The highest BCUT2D eigenvalue weighted by molar-refractivity contribution is 5.91. The molecule has 23 heavy (non-hydrogen) atoms. The van der Waals surface area contributed by atoms with Crippen LogP contribution in [0.2, 0.25) is 0 Å². The van der Waals surface area contributed by atoms with Crippen LogP contribution >= 0.6 is 0 Å². The van der Waals surface area contributed by atoms with E-state index in [1.165, 1.54) is 0 Å². The van der Waals surface area contributed by atoms with Crippen LogP contribution in [0.15, 0.2) is 66.9 Å². The number of rotatable bonds is 1. The Hall–Kier alpha value is -2.82. The van der Waals surface area contributed by atoms with Gasteiger partial charge in [0.25, 0.3) is 0 Å². The third-order valence-electron chi connectivity index (χ3n) is 3.84. The van der Waals surface area contributed by atoms with Gasteiger partial charge in [-0.05, 0) is 29.7 Å². The molecule has 0 fully saturated rings. The van der Waals surface area contributed by atoms with Crippen LogP contribution in [0.4, 0.5) is 13.2 Å². The van der Waals surface area contributed by atoms with Crippen molar-refractivity contribution < 1.29 is 13.2 Å². The molecule has 2 nitrogen and oxygen atoms in total. The van der Waals surface area contributed by atoms with Gasteiger partial charge in [-0.25, -0.2) is 4.98 Å². The first-order chi connectivity index (χ1) is 11.0. The lowest BCUT2D eigenvalue weighted by Gasteiger charge is -2.13. The Morgan fingerprint density at radius 2 is 1.61 bits per heavy atom. The van der Waals surface area contributed by atoms with Crippen LogP contribution in [0, 0.1) is 0 Å². The minimum atomic E-state index is -4.48. The van der Waals surface area contributed by atoms with E-state index in [1.807, 2.05) is 30.3 Å². The summed E-state index contributed by atoms with van der Waals surface area (Å²) in [5.74, 6) is 0. The zero-order valence-electron chi connectivity index (χ0n) is 11.9. The molecule has 2 aromatic carbocycles. The van der Waals surface area contributed by atoms with E-state index in [0.717, 1.165) is 17.0 Å². The highest BCUT2D eigenvalue weighted by Gasteiger charge is 2.33. The zero-order valence-corrected chi connectivity index (χ0v) is 11.9. The van der Waals surface area contributed by atoms with Gasteiger partial charge in [-0.2, -0.15) is 13.2 Å². The van der Waals surface area contributed by atoms with Crippen LogP contribution in [-0.2, 0) is 6.18 Å². The first-order valence-corrected chi connectivity index (χ1v) is 7.07. The summed E-state index contributed by atoms with van der Waals surface area (Å²) in [6.07, 6.45) is -2.70. The van der Waals surface area contributed by atoms with Crippen molar-refractivity contribution in [2.45, 2.75) is 6.18 Å². The van der Waals surface area contributed by atoms with E-state index >= 15 is 0 Å². The minimum absolute atomic E-state index is 0.329. The molecule has 0 saturated heterocycles. The monoisotopic (exact) mass is 312 g/mol. The third-order valence-corrected chi connectivity index (χ3v) is 3.84. The molecule has 0 radical (unpaired) electrons. The van der Waals surface area contributed by atoms with Crippen LogP contribution in [0.3, 0.4) is 0 Å². The van der Waals surface area contributed by atoms with Gasteiger partial charge in [0.15, 0.2) is 0 Å². The summed E-state index contributed by atoms with van der Waals surface area (Å²) in [4.78, 5) is 3.76. The number of hydrogen-bond acceptors (Lipinski definition) is 1. The number of para-hydroxylation sites is 2. The molecule has 2 aromatic heterocycles. The van der Waals surface area contributed by atoms with Crippen LogP contribution in [0.1, 0.15) is 5.69 Å². The lowest BCUT2D eigenvalue weighted by Crippen LogP contribution is -2.09. The number of aromatic nitrogens is 2. The fraction of sp³-hybridized carbons (Fsp3) is 0.0556. The maximum Gasteiger partial charge on any atom is 0.433 e. The number of alkyl halides is 3. The molecular formula is C18H11F3N2. The van der Waals surface area contributed by atoms with Crippen molar-refractivity contribution in [2.24, 2.45) is 0 Å². The quantitative estimate of drug-likeness (QED) is 0.472. The molecule has 0 saturated carbocycles. The maximum atomic E-state index is 13.2. The van der Waals surface area contributed by atoms with E-state index in [2.05, 4.69) is 4.98 Å². The number of pyridine rings is 1. The second-order valence-corrected chi connectivity index (χ2v) is 5.29. The average molecular weight is 312 g/mol. The Morgan fingerprint density at radius 3 is 2.43 bits per heavy atom. The summed E-state index contributed by atoms with van der Waals surface area (Å²) in [7, 11) is 0. The molecule has 0 aliphatic heterocycles. The van der Waals surface area contributed by atoms with Crippen molar-refractivity contribution >= 4 is 21.8 Å². The highest BCUT2D eigenvalue weighted by Crippen LogP contribution is 2.33. The molecule has 114 valence electrons. The molecule has 4 aromatic rings. The second kappa shape index (κ2) is 4.84. The molecule has 0 N–H and O–H groups in total. The predicted octanol–water partition coefficient (Wildman–Crippen LogP) is 5.20. The predicted molar refractivity (Wildman–Crippen MR) is 83.6 cm³/mol. The van der Waals surface area contributed by atoms with Gasteiger partial charge in [-0.1, -0.05) is 36.4 Å². The molecule has 0 unspecified atom stereocenters. The normalized spacial score (nSPS) is 12.1. The lowest BCUT2D eigenvalue weighted by molar-refractivity contribution is -0.140. The van der Waals surface area contributed by atoms with E-state index in [0.29, 0.717) is 16.6 Å². The third kappa shape index (κ3) is 2.25. The fourth-order valence-corrected chi connectivity index (χ4v) is 2.79. The summed E-state index contributed by atoms with van der Waals surface area (Å²) >= 11 is 0. The van der Waals surface area contributed by atoms with Crippen LogP contribution in [0.25, 0.3) is 27.5 Å². The van der Waals surface area contributed by atoms with Gasteiger partial charge in [0, 0.05) is 11.6 Å². The zero-order chi connectivity index (χ0) is 16.0. The van der Waals surface area contributed by atoms with Crippen molar-refractivity contribution in [2.75, 3.05) is 0 Å². The Balaban J connectivity index is 2.09. The van der Waals surface area contributed by atoms with Crippen molar-refractivity contribution in [3.05, 3.63) is 72.6 Å². The smallest absolute Gasteiger partial charge is 0.316 e. The molecule has 0 atom stereocenters. The molecule has 0 aliphatic carbocycles. The number of benzene rings is 2. The van der Waals surface area contributed by atoms with E-state index in [9.17, 15) is 13.2 Å². The van der Waals surface area contributed by atoms with Gasteiger partial charge in [-0.3, -0.25) is 0 Å². The van der Waals surface area contributed by atoms with Crippen molar-refractivity contribution in [3.63, 3.8) is 0 Å². The van der Waals surface area contributed by atoms with Crippen LogP contribution in [-0.4, -0.2) is 9.55 Å². The highest BCUT2D eigenvalue weighted by atomic mass is 19.4. The molecule has 0 amide bonds. The average Bonchev–Trinajstić information content (AvgIpc) is 2.97. The number of halogens is 3. The summed E-state index contributed by atoms with van der Waals surface area (Å²) < 4.78 is 41.3. The van der Waals surface area contributed by atoms with Gasteiger partial charge in [-0.15, -0.1) is 0 Å². The van der Waals surface area contributed by atoms with Crippen LogP contribution in [0.5, 0.6) is 0 Å². The van der Waals surface area contributed by atoms with Gasteiger partial charge in [0.1, 0.15) is 5.69 Å². The van der Waals surface area contributed by atoms with E-state index in [-0.39, 0.29) is 0 Å². The van der Waals surface area contributed by atoms with Gasteiger partial charge >= 0.3 is 6.18 Å². The van der Waals surface area contributed by atoms with E-state index in [1.54, 1.807) is 35.0 Å². The minimum Gasteiger partial charge on any atom is -0.316 e. The van der Waals surface area contributed by atoms with E-state index < -0.39 is 11.9 Å². The number of hydrogen-bond donors (Lipinski definition) is 0. The maximum absolute atomic E-state index is 13.2. The van der Waals surface area contributed by atoms with Gasteiger partial charge in [0.2, 0.25) is 0 Å². The van der Waals surface area contributed by atoms with Gasteiger partial charge < -0.3 is 4.57 Å². The molecule has 2 heterocycles. The lowest BCUT2D eigenvalue weighted by atomic mass is 10.1. The summed E-state index contributed by atoms with van der Waals surface area (Å²) in [5.41, 5.74) is 0.778.